The zero-order valence-corrected chi connectivity index (χ0v) is 7.94. The average molecular weight is 217 g/mol. The molecule has 0 aliphatic carbocycles. The van der Waals surface area contributed by atoms with Gasteiger partial charge >= 0.3 is 0 Å². The van der Waals surface area contributed by atoms with Gasteiger partial charge in [-0.3, -0.25) is 0 Å². The summed E-state index contributed by atoms with van der Waals surface area (Å²) in [7, 11) is 0. The summed E-state index contributed by atoms with van der Waals surface area (Å²) in [6, 6.07) is 7.73. The van der Waals surface area contributed by atoms with E-state index in [4.69, 9.17) is 0 Å². The van der Waals surface area contributed by atoms with Crippen molar-refractivity contribution in [3.05, 3.63) is 34.3 Å². The van der Waals surface area contributed by atoms with Crippen LogP contribution in [0.2, 0.25) is 0 Å². The molecule has 60 valence electrons. The van der Waals surface area contributed by atoms with Crippen LogP contribution < -0.4 is 0 Å². The highest BCUT2D eigenvalue weighted by atomic mass is 79.9. The fourth-order valence-electron chi connectivity index (χ4n) is 0.989. The van der Waals surface area contributed by atoms with Gasteiger partial charge in [0.25, 0.3) is 0 Å². The van der Waals surface area contributed by atoms with Gasteiger partial charge in [0.15, 0.2) is 0 Å². The molecule has 1 rings (SSSR count). The van der Waals surface area contributed by atoms with Crippen LogP contribution in [0, 0.1) is 0 Å². The molecular formula is C9H10BrF. The molecule has 1 atom stereocenters. The quantitative estimate of drug-likeness (QED) is 0.712. The summed E-state index contributed by atoms with van der Waals surface area (Å²) >= 11 is 3.33. The Labute approximate surface area is 74.6 Å². The lowest BCUT2D eigenvalue weighted by Crippen LogP contribution is -1.97. The first-order chi connectivity index (χ1) is 5.18. The molecule has 0 aliphatic heterocycles. The number of rotatable bonds is 2. The second-order valence-electron chi connectivity index (χ2n) is 2.61. The molecule has 0 heterocycles. The summed E-state index contributed by atoms with van der Waals surface area (Å²) in [6.45, 7) is 1.57. The first-order valence-electron chi connectivity index (χ1n) is 3.57. The molecule has 0 fully saturated rings. The van der Waals surface area contributed by atoms with Crippen molar-refractivity contribution < 1.29 is 4.39 Å². The van der Waals surface area contributed by atoms with Crippen LogP contribution in [0.5, 0.6) is 0 Å². The highest BCUT2D eigenvalue weighted by Gasteiger charge is 1.99. The van der Waals surface area contributed by atoms with Crippen LogP contribution >= 0.6 is 15.9 Å². The average Bonchev–Trinajstić information content (AvgIpc) is 1.85. The number of alkyl halides is 1. The van der Waals surface area contributed by atoms with Crippen LogP contribution in [0.1, 0.15) is 12.5 Å². The van der Waals surface area contributed by atoms with Crippen molar-refractivity contribution in [3.8, 4) is 0 Å². The Morgan fingerprint density at radius 3 is 2.82 bits per heavy atom. The second kappa shape index (κ2) is 3.86. The van der Waals surface area contributed by atoms with Crippen LogP contribution in [-0.4, -0.2) is 6.17 Å². The Hall–Kier alpha value is -0.370. The van der Waals surface area contributed by atoms with E-state index in [1.807, 2.05) is 24.3 Å². The van der Waals surface area contributed by atoms with Crippen molar-refractivity contribution in [2.24, 2.45) is 0 Å². The van der Waals surface area contributed by atoms with E-state index < -0.39 is 6.17 Å². The monoisotopic (exact) mass is 216 g/mol. The number of benzene rings is 1. The lowest BCUT2D eigenvalue weighted by Gasteiger charge is -2.01. The van der Waals surface area contributed by atoms with E-state index in [0.717, 1.165) is 10.0 Å². The molecule has 0 radical (unpaired) electrons. The maximum absolute atomic E-state index is 12.5. The number of halogens is 2. The van der Waals surface area contributed by atoms with Crippen LogP contribution in [0.15, 0.2) is 28.7 Å². The summed E-state index contributed by atoms with van der Waals surface area (Å²) in [5.74, 6) is 0. The minimum Gasteiger partial charge on any atom is -0.247 e. The minimum atomic E-state index is -0.760. The molecule has 0 saturated carbocycles. The predicted octanol–water partition coefficient (Wildman–Crippen LogP) is 3.35. The largest absolute Gasteiger partial charge is 0.247 e. The van der Waals surface area contributed by atoms with E-state index in [1.165, 1.54) is 0 Å². The van der Waals surface area contributed by atoms with Gasteiger partial charge in [-0.2, -0.15) is 0 Å². The zero-order valence-electron chi connectivity index (χ0n) is 6.35. The molecular weight excluding hydrogens is 207 g/mol. The third-order valence-corrected chi connectivity index (χ3v) is 1.90. The Balaban J connectivity index is 2.71. The van der Waals surface area contributed by atoms with E-state index >= 15 is 0 Å². The van der Waals surface area contributed by atoms with Crippen LogP contribution in [0.3, 0.4) is 0 Å². The van der Waals surface area contributed by atoms with Crippen molar-refractivity contribution in [2.45, 2.75) is 19.5 Å². The van der Waals surface area contributed by atoms with Gasteiger partial charge in [0.05, 0.1) is 0 Å². The smallest absolute Gasteiger partial charge is 0.101 e. The van der Waals surface area contributed by atoms with Gasteiger partial charge in [-0.15, -0.1) is 0 Å². The fourth-order valence-corrected chi connectivity index (χ4v) is 1.44. The molecule has 0 N–H and O–H groups in total. The topological polar surface area (TPSA) is 0 Å². The molecule has 0 aliphatic rings. The molecule has 0 aromatic heterocycles. The third-order valence-electron chi connectivity index (χ3n) is 1.41. The van der Waals surface area contributed by atoms with Crippen molar-refractivity contribution in [2.75, 3.05) is 0 Å². The van der Waals surface area contributed by atoms with Crippen LogP contribution in [0.4, 0.5) is 4.39 Å². The molecule has 0 nitrogen and oxygen atoms in total. The van der Waals surface area contributed by atoms with Crippen LogP contribution in [-0.2, 0) is 6.42 Å². The highest BCUT2D eigenvalue weighted by molar-refractivity contribution is 9.10. The number of hydrogen-bond acceptors (Lipinski definition) is 0. The summed E-state index contributed by atoms with van der Waals surface area (Å²) in [6.07, 6.45) is -0.260. The second-order valence-corrected chi connectivity index (χ2v) is 3.53. The molecule has 11 heavy (non-hydrogen) atoms. The molecule has 0 spiro atoms. The molecule has 2 heteroatoms. The Morgan fingerprint density at radius 1 is 1.55 bits per heavy atom. The first-order valence-corrected chi connectivity index (χ1v) is 4.36. The Kier molecular flexibility index (Phi) is 3.06. The van der Waals surface area contributed by atoms with Gasteiger partial charge in [-0.25, -0.2) is 4.39 Å². The fraction of sp³-hybridized carbons (Fsp3) is 0.333. The van der Waals surface area contributed by atoms with Crippen molar-refractivity contribution in [3.63, 3.8) is 0 Å². The first kappa shape index (κ1) is 8.72. The van der Waals surface area contributed by atoms with Crippen molar-refractivity contribution in [1.82, 2.24) is 0 Å². The molecule has 1 unspecified atom stereocenters. The molecule has 1 aromatic rings. The lowest BCUT2D eigenvalue weighted by molar-refractivity contribution is 0.360. The molecule has 0 bridgehead atoms. The van der Waals surface area contributed by atoms with E-state index in [0.29, 0.717) is 6.42 Å². The Morgan fingerprint density at radius 2 is 2.27 bits per heavy atom. The standard InChI is InChI=1S/C9H10BrF/c1-7(11)5-8-3-2-4-9(10)6-8/h2-4,6-7H,5H2,1H3. The zero-order chi connectivity index (χ0) is 8.27. The predicted molar refractivity (Wildman–Crippen MR) is 48.4 cm³/mol. The van der Waals surface area contributed by atoms with Crippen LogP contribution in [0.25, 0.3) is 0 Å². The highest BCUT2D eigenvalue weighted by Crippen LogP contribution is 2.13. The SMILES string of the molecule is CC(F)Cc1cccc(Br)c1. The maximum Gasteiger partial charge on any atom is 0.101 e. The van der Waals surface area contributed by atoms with Gasteiger partial charge in [0.1, 0.15) is 6.17 Å². The van der Waals surface area contributed by atoms with Gasteiger partial charge in [-0.1, -0.05) is 28.1 Å². The van der Waals surface area contributed by atoms with Gasteiger partial charge < -0.3 is 0 Å². The molecule has 0 saturated heterocycles. The van der Waals surface area contributed by atoms with Crippen molar-refractivity contribution in [1.29, 1.82) is 0 Å². The Bertz CT molecular complexity index is 233. The minimum absolute atomic E-state index is 0.499. The maximum atomic E-state index is 12.5. The summed E-state index contributed by atoms with van der Waals surface area (Å²) in [5.41, 5.74) is 1.04. The number of hydrogen-bond donors (Lipinski definition) is 0. The van der Waals surface area contributed by atoms with Gasteiger partial charge in [0.2, 0.25) is 0 Å². The van der Waals surface area contributed by atoms with E-state index in [9.17, 15) is 4.39 Å². The lowest BCUT2D eigenvalue weighted by atomic mass is 10.1. The summed E-state index contributed by atoms with van der Waals surface area (Å²) in [5, 5.41) is 0. The van der Waals surface area contributed by atoms with Gasteiger partial charge in [0, 0.05) is 10.9 Å². The molecule has 0 amide bonds. The van der Waals surface area contributed by atoms with Gasteiger partial charge in [-0.05, 0) is 24.6 Å². The summed E-state index contributed by atoms with van der Waals surface area (Å²) in [4.78, 5) is 0. The normalized spacial score (nSPS) is 13.0. The van der Waals surface area contributed by atoms with E-state index in [-0.39, 0.29) is 0 Å². The van der Waals surface area contributed by atoms with E-state index in [1.54, 1.807) is 6.92 Å². The van der Waals surface area contributed by atoms with Crippen molar-refractivity contribution >= 4 is 15.9 Å². The van der Waals surface area contributed by atoms with E-state index in [2.05, 4.69) is 15.9 Å². The molecule has 1 aromatic carbocycles. The summed E-state index contributed by atoms with van der Waals surface area (Å²) < 4.78 is 13.5. The third kappa shape index (κ3) is 3.02.